The summed E-state index contributed by atoms with van der Waals surface area (Å²) in [5, 5.41) is 16.5. The van der Waals surface area contributed by atoms with Crippen LogP contribution < -0.4 is 10.6 Å². The van der Waals surface area contributed by atoms with E-state index in [-0.39, 0.29) is 29.8 Å². The Labute approximate surface area is 190 Å². The first-order valence-corrected chi connectivity index (χ1v) is 10.8. The van der Waals surface area contributed by atoms with Crippen LogP contribution in [0.5, 0.6) is 0 Å². The molecule has 1 unspecified atom stereocenters. The highest BCUT2D eigenvalue weighted by Crippen LogP contribution is 2.26. The van der Waals surface area contributed by atoms with E-state index in [4.69, 9.17) is 11.6 Å². The maximum absolute atomic E-state index is 13.5. The maximum atomic E-state index is 13.5. The number of nitrogens with one attached hydrogen (secondary N) is 2. The molecule has 2 aromatic rings. The van der Waals surface area contributed by atoms with E-state index in [1.807, 2.05) is 19.2 Å². The van der Waals surface area contributed by atoms with Gasteiger partial charge in [0, 0.05) is 23.7 Å². The number of nitrogens with zero attached hydrogens (tertiary/aromatic N) is 1. The Hall–Kier alpha value is -0.550. The van der Waals surface area contributed by atoms with Gasteiger partial charge in [0.05, 0.1) is 10.9 Å². The Morgan fingerprint density at radius 2 is 2.07 bits per heavy atom. The van der Waals surface area contributed by atoms with E-state index in [0.29, 0.717) is 29.9 Å². The first-order valence-electron chi connectivity index (χ1n) is 8.25. The highest BCUT2D eigenvalue weighted by molar-refractivity contribution is 14.0. The second kappa shape index (κ2) is 12.8. The minimum absolute atomic E-state index is 0. The molecule has 4 nitrogen and oxygen atoms in total. The summed E-state index contributed by atoms with van der Waals surface area (Å²) in [6.07, 6.45) is 1.33. The van der Waals surface area contributed by atoms with Gasteiger partial charge in [0.2, 0.25) is 0 Å². The number of aliphatic imine (C=N–C) groups is 1. The molecule has 0 bridgehead atoms. The van der Waals surface area contributed by atoms with Crippen LogP contribution in [0, 0.1) is 5.82 Å². The number of thioether (sulfide) groups is 1. The minimum atomic E-state index is -0.658. The highest BCUT2D eigenvalue weighted by atomic mass is 127. The number of halogens is 3. The molecule has 1 aromatic carbocycles. The van der Waals surface area contributed by atoms with E-state index in [0.717, 1.165) is 21.8 Å². The molecular weight excluding hydrogens is 520 g/mol. The van der Waals surface area contributed by atoms with Crippen molar-refractivity contribution in [2.45, 2.75) is 25.3 Å². The zero-order chi connectivity index (χ0) is 18.9. The molecule has 0 aliphatic rings. The zero-order valence-corrected chi connectivity index (χ0v) is 19.9. The first kappa shape index (κ1) is 24.5. The number of guanidine groups is 1. The van der Waals surface area contributed by atoms with Crippen molar-refractivity contribution in [3.05, 3.63) is 56.5 Å². The van der Waals surface area contributed by atoms with Crippen molar-refractivity contribution in [2.75, 3.05) is 19.3 Å². The summed E-state index contributed by atoms with van der Waals surface area (Å²) in [7, 11) is 0. The predicted molar refractivity (Wildman–Crippen MR) is 126 cm³/mol. The van der Waals surface area contributed by atoms with Crippen molar-refractivity contribution in [3.63, 3.8) is 0 Å². The number of hydrogen-bond acceptors (Lipinski definition) is 4. The summed E-state index contributed by atoms with van der Waals surface area (Å²) >= 11 is 8.91. The molecular formula is C18H24ClFIN3OS2. The minimum Gasteiger partial charge on any atom is -0.386 e. The van der Waals surface area contributed by atoms with E-state index in [9.17, 15) is 9.50 Å². The topological polar surface area (TPSA) is 56.7 Å². The van der Waals surface area contributed by atoms with Gasteiger partial charge >= 0.3 is 0 Å². The fourth-order valence-corrected chi connectivity index (χ4v) is 3.97. The number of benzene rings is 1. The third kappa shape index (κ3) is 8.15. The number of rotatable bonds is 8. The van der Waals surface area contributed by atoms with Crippen LogP contribution in [-0.4, -0.2) is 30.4 Å². The quantitative estimate of drug-likeness (QED) is 0.254. The summed E-state index contributed by atoms with van der Waals surface area (Å²) in [5.74, 6) is 1.11. The zero-order valence-electron chi connectivity index (χ0n) is 15.2. The monoisotopic (exact) mass is 543 g/mol. The molecule has 0 spiro atoms. The Balaban J connectivity index is 0.00000364. The number of aliphatic hydroxyl groups is 1. The van der Waals surface area contributed by atoms with Crippen LogP contribution in [0.1, 0.15) is 29.0 Å². The van der Waals surface area contributed by atoms with E-state index in [1.54, 1.807) is 30.0 Å². The lowest BCUT2D eigenvalue weighted by Gasteiger charge is -2.15. The van der Waals surface area contributed by atoms with Gasteiger partial charge in [-0.2, -0.15) is 11.8 Å². The molecule has 3 N–H and O–H groups in total. The maximum Gasteiger partial charge on any atom is 0.191 e. The van der Waals surface area contributed by atoms with Gasteiger partial charge in [0.1, 0.15) is 11.9 Å². The third-order valence-corrected chi connectivity index (χ3v) is 5.54. The largest absolute Gasteiger partial charge is 0.386 e. The molecule has 150 valence electrons. The normalized spacial score (nSPS) is 12.4. The molecule has 1 atom stereocenters. The van der Waals surface area contributed by atoms with Crippen molar-refractivity contribution in [2.24, 2.45) is 4.99 Å². The SMILES string of the molecule is CCNC(=NCc1ccc(F)cc1CSC)NCC(O)c1ccc(Cl)s1.I. The van der Waals surface area contributed by atoms with Crippen LogP contribution in [0.15, 0.2) is 35.3 Å². The van der Waals surface area contributed by atoms with Crippen molar-refractivity contribution < 1.29 is 9.50 Å². The lowest BCUT2D eigenvalue weighted by atomic mass is 10.1. The predicted octanol–water partition coefficient (Wildman–Crippen LogP) is 4.81. The number of thiophene rings is 1. The average molecular weight is 544 g/mol. The molecule has 0 radical (unpaired) electrons. The Kier molecular flexibility index (Phi) is 11.6. The smallest absolute Gasteiger partial charge is 0.191 e. The van der Waals surface area contributed by atoms with Crippen LogP contribution in [-0.2, 0) is 12.3 Å². The molecule has 1 heterocycles. The Bertz CT molecular complexity index is 745. The fraction of sp³-hybridized carbons (Fsp3) is 0.389. The molecule has 0 aliphatic carbocycles. The molecule has 2 rings (SSSR count). The van der Waals surface area contributed by atoms with Crippen LogP contribution in [0.2, 0.25) is 4.34 Å². The van der Waals surface area contributed by atoms with E-state index >= 15 is 0 Å². The highest BCUT2D eigenvalue weighted by Gasteiger charge is 2.11. The van der Waals surface area contributed by atoms with E-state index in [2.05, 4.69) is 15.6 Å². The van der Waals surface area contributed by atoms with Gasteiger partial charge in [-0.3, -0.25) is 0 Å². The van der Waals surface area contributed by atoms with Crippen LogP contribution in [0.3, 0.4) is 0 Å². The molecule has 0 saturated carbocycles. The van der Waals surface area contributed by atoms with Crippen molar-refractivity contribution in [1.82, 2.24) is 10.6 Å². The summed E-state index contributed by atoms with van der Waals surface area (Å²) in [6, 6.07) is 8.38. The Morgan fingerprint density at radius 3 is 2.70 bits per heavy atom. The van der Waals surface area contributed by atoms with Crippen LogP contribution in [0.4, 0.5) is 4.39 Å². The lowest BCUT2D eigenvalue weighted by Crippen LogP contribution is -2.39. The molecule has 0 amide bonds. The second-order valence-electron chi connectivity index (χ2n) is 5.58. The van der Waals surface area contributed by atoms with Crippen LogP contribution >= 0.6 is 58.7 Å². The van der Waals surface area contributed by atoms with Gasteiger partial charge in [-0.15, -0.1) is 35.3 Å². The van der Waals surface area contributed by atoms with Gasteiger partial charge < -0.3 is 15.7 Å². The molecule has 0 saturated heterocycles. The summed E-state index contributed by atoms with van der Waals surface area (Å²) in [6.45, 7) is 3.44. The molecule has 0 fully saturated rings. The van der Waals surface area contributed by atoms with Gasteiger partial charge in [0.15, 0.2) is 5.96 Å². The lowest BCUT2D eigenvalue weighted by molar-refractivity contribution is 0.184. The van der Waals surface area contributed by atoms with Crippen molar-refractivity contribution in [3.8, 4) is 0 Å². The number of hydrogen-bond donors (Lipinski definition) is 3. The van der Waals surface area contributed by atoms with Gasteiger partial charge in [-0.25, -0.2) is 9.38 Å². The van der Waals surface area contributed by atoms with Gasteiger partial charge in [0.25, 0.3) is 0 Å². The van der Waals surface area contributed by atoms with Gasteiger partial charge in [-0.05, 0) is 48.6 Å². The molecule has 9 heteroatoms. The average Bonchev–Trinajstić information content (AvgIpc) is 3.05. The molecule has 27 heavy (non-hydrogen) atoms. The van der Waals surface area contributed by atoms with Crippen molar-refractivity contribution >= 4 is 64.6 Å². The molecule has 1 aromatic heterocycles. The second-order valence-corrected chi connectivity index (χ2v) is 8.19. The van der Waals surface area contributed by atoms with E-state index < -0.39 is 6.10 Å². The summed E-state index contributed by atoms with van der Waals surface area (Å²) in [4.78, 5) is 5.36. The van der Waals surface area contributed by atoms with Crippen molar-refractivity contribution in [1.29, 1.82) is 0 Å². The van der Waals surface area contributed by atoms with Gasteiger partial charge in [-0.1, -0.05) is 17.7 Å². The third-order valence-electron chi connectivity index (χ3n) is 3.61. The summed E-state index contributed by atoms with van der Waals surface area (Å²) < 4.78 is 14.1. The summed E-state index contributed by atoms with van der Waals surface area (Å²) in [5.41, 5.74) is 1.94. The standard InChI is InChI=1S/C18H23ClFN3OS2.HI/c1-3-21-18(23-10-15(24)16-6-7-17(19)26-16)22-9-12-4-5-14(20)8-13(12)11-25-2;/h4-8,15,24H,3,9-11H2,1-2H3,(H2,21,22,23);1H. The molecule has 0 aliphatic heterocycles. The Morgan fingerprint density at radius 1 is 1.30 bits per heavy atom. The first-order chi connectivity index (χ1) is 12.5. The van der Waals surface area contributed by atoms with Crippen LogP contribution in [0.25, 0.3) is 0 Å². The van der Waals surface area contributed by atoms with E-state index in [1.165, 1.54) is 17.4 Å². The fourth-order valence-electron chi connectivity index (χ4n) is 2.35. The number of aliphatic hydroxyl groups excluding tert-OH is 1.